The normalized spacial score (nSPS) is 17.5. The highest BCUT2D eigenvalue weighted by Crippen LogP contribution is 2.15. The van der Waals surface area contributed by atoms with Gasteiger partial charge in [-0.25, -0.2) is 4.98 Å². The Bertz CT molecular complexity index is 686. The molecule has 0 radical (unpaired) electrons. The summed E-state index contributed by atoms with van der Waals surface area (Å²) in [6.45, 7) is 8.19. The molecule has 2 heterocycles. The lowest BCUT2D eigenvalue weighted by atomic mass is 10.0. The third-order valence-corrected chi connectivity index (χ3v) is 5.07. The van der Waals surface area contributed by atoms with E-state index in [1.54, 1.807) is 18.6 Å². The number of nitrogens with zero attached hydrogens (tertiary/aromatic N) is 4. The van der Waals surface area contributed by atoms with Crippen LogP contribution in [-0.2, 0) is 4.79 Å². The monoisotopic (exact) mass is 353 g/mol. The Kier molecular flexibility index (Phi) is 6.17. The minimum atomic E-state index is -0.123. The van der Waals surface area contributed by atoms with Crippen LogP contribution < -0.4 is 10.2 Å². The molecule has 1 N–H and O–H groups in total. The number of piperazine rings is 1. The zero-order valence-corrected chi connectivity index (χ0v) is 15.5. The number of rotatable bonds is 6. The van der Waals surface area contributed by atoms with Crippen molar-refractivity contribution in [1.82, 2.24) is 20.2 Å². The first-order valence-electron chi connectivity index (χ1n) is 9.23. The molecule has 1 saturated heterocycles. The number of aromatic nitrogens is 2. The summed E-state index contributed by atoms with van der Waals surface area (Å²) in [5.74, 6) is 1.31. The lowest BCUT2D eigenvalue weighted by Crippen LogP contribution is -2.54. The summed E-state index contributed by atoms with van der Waals surface area (Å²) in [4.78, 5) is 25.5. The molecule has 1 aliphatic rings. The predicted octanol–water partition coefficient (Wildman–Crippen LogP) is 1.91. The summed E-state index contributed by atoms with van der Waals surface area (Å²) >= 11 is 0. The van der Waals surface area contributed by atoms with Gasteiger partial charge >= 0.3 is 0 Å². The van der Waals surface area contributed by atoms with E-state index in [-0.39, 0.29) is 11.9 Å². The van der Waals surface area contributed by atoms with Crippen LogP contribution in [-0.4, -0.2) is 59.5 Å². The van der Waals surface area contributed by atoms with E-state index in [4.69, 9.17) is 0 Å². The maximum absolute atomic E-state index is 12.5. The molecule has 0 unspecified atom stereocenters. The van der Waals surface area contributed by atoms with Crippen molar-refractivity contribution in [2.24, 2.45) is 0 Å². The topological polar surface area (TPSA) is 61.4 Å². The van der Waals surface area contributed by atoms with E-state index in [2.05, 4.69) is 44.1 Å². The van der Waals surface area contributed by atoms with E-state index in [1.165, 1.54) is 5.56 Å². The van der Waals surface area contributed by atoms with Crippen molar-refractivity contribution in [3.05, 3.63) is 54.5 Å². The Labute approximate surface area is 155 Å². The van der Waals surface area contributed by atoms with Crippen molar-refractivity contribution in [2.45, 2.75) is 25.8 Å². The molecule has 0 spiro atoms. The van der Waals surface area contributed by atoms with Gasteiger partial charge in [-0.05, 0) is 18.4 Å². The molecule has 26 heavy (non-hydrogen) atoms. The lowest BCUT2D eigenvalue weighted by molar-refractivity contribution is -0.126. The van der Waals surface area contributed by atoms with Crippen LogP contribution in [0.15, 0.2) is 48.9 Å². The molecule has 2 atom stereocenters. The standard InChI is InChI=1S/C20H27N5O/c1-16(18-6-4-3-5-7-18)14-23-20(26)17(2)24-10-12-25(13-11-24)19-15-21-8-9-22-19/h3-9,15-17H,10-14H2,1-2H3,(H,23,26)/t16-,17+/m0/s1. The lowest BCUT2D eigenvalue weighted by Gasteiger charge is -2.37. The Hall–Kier alpha value is -2.47. The molecule has 1 aliphatic heterocycles. The van der Waals surface area contributed by atoms with E-state index in [0.29, 0.717) is 12.5 Å². The second-order valence-corrected chi connectivity index (χ2v) is 6.82. The summed E-state index contributed by atoms with van der Waals surface area (Å²) in [6, 6.07) is 10.2. The highest BCUT2D eigenvalue weighted by Gasteiger charge is 2.26. The molecule has 6 nitrogen and oxygen atoms in total. The highest BCUT2D eigenvalue weighted by atomic mass is 16.2. The number of hydrogen-bond acceptors (Lipinski definition) is 5. The van der Waals surface area contributed by atoms with Gasteiger partial charge in [0.15, 0.2) is 0 Å². The van der Waals surface area contributed by atoms with Crippen molar-refractivity contribution in [3.8, 4) is 0 Å². The Morgan fingerprint density at radius 1 is 1.12 bits per heavy atom. The van der Waals surface area contributed by atoms with E-state index in [9.17, 15) is 4.79 Å². The summed E-state index contributed by atoms with van der Waals surface area (Å²) < 4.78 is 0. The minimum absolute atomic E-state index is 0.0979. The number of anilines is 1. The first-order chi connectivity index (χ1) is 12.6. The third kappa shape index (κ3) is 4.58. The smallest absolute Gasteiger partial charge is 0.237 e. The highest BCUT2D eigenvalue weighted by molar-refractivity contribution is 5.81. The quantitative estimate of drug-likeness (QED) is 0.860. The van der Waals surface area contributed by atoms with Gasteiger partial charge < -0.3 is 10.2 Å². The van der Waals surface area contributed by atoms with Gasteiger partial charge in [-0.2, -0.15) is 0 Å². The molecule has 2 aromatic rings. The molecule has 0 aliphatic carbocycles. The number of benzene rings is 1. The van der Waals surface area contributed by atoms with Crippen molar-refractivity contribution in [3.63, 3.8) is 0 Å². The van der Waals surface area contributed by atoms with Crippen LogP contribution in [0.2, 0.25) is 0 Å². The van der Waals surface area contributed by atoms with Gasteiger partial charge in [0, 0.05) is 45.1 Å². The molecule has 6 heteroatoms. The fraction of sp³-hybridized carbons (Fsp3) is 0.450. The SMILES string of the molecule is C[C@H](C(=O)NC[C@H](C)c1ccccc1)N1CCN(c2cnccn2)CC1. The number of carbonyl (C=O) groups is 1. The van der Waals surface area contributed by atoms with Crippen LogP contribution in [0.3, 0.4) is 0 Å². The van der Waals surface area contributed by atoms with E-state index in [0.717, 1.165) is 32.0 Å². The first-order valence-corrected chi connectivity index (χ1v) is 9.23. The molecular formula is C20H27N5O. The second-order valence-electron chi connectivity index (χ2n) is 6.82. The maximum atomic E-state index is 12.5. The molecule has 1 aromatic carbocycles. The average Bonchev–Trinajstić information content (AvgIpc) is 2.72. The fourth-order valence-corrected chi connectivity index (χ4v) is 3.26. The predicted molar refractivity (Wildman–Crippen MR) is 103 cm³/mol. The van der Waals surface area contributed by atoms with Crippen LogP contribution in [0.4, 0.5) is 5.82 Å². The van der Waals surface area contributed by atoms with Crippen LogP contribution in [0.5, 0.6) is 0 Å². The van der Waals surface area contributed by atoms with Gasteiger partial charge in [0.25, 0.3) is 0 Å². The Morgan fingerprint density at radius 2 is 1.85 bits per heavy atom. The number of nitrogens with one attached hydrogen (secondary N) is 1. The van der Waals surface area contributed by atoms with Crippen molar-refractivity contribution in [1.29, 1.82) is 0 Å². The van der Waals surface area contributed by atoms with Gasteiger partial charge in [-0.3, -0.25) is 14.7 Å². The maximum Gasteiger partial charge on any atom is 0.237 e. The molecule has 3 rings (SSSR count). The van der Waals surface area contributed by atoms with Gasteiger partial charge in [-0.15, -0.1) is 0 Å². The zero-order chi connectivity index (χ0) is 18.4. The molecule has 0 saturated carbocycles. The first kappa shape index (κ1) is 18.3. The fourth-order valence-electron chi connectivity index (χ4n) is 3.26. The number of hydrogen-bond donors (Lipinski definition) is 1. The van der Waals surface area contributed by atoms with Crippen LogP contribution in [0.25, 0.3) is 0 Å². The average molecular weight is 353 g/mol. The molecule has 1 amide bonds. The van der Waals surface area contributed by atoms with Crippen molar-refractivity contribution >= 4 is 11.7 Å². The van der Waals surface area contributed by atoms with E-state index in [1.807, 2.05) is 25.1 Å². The van der Waals surface area contributed by atoms with Crippen molar-refractivity contribution in [2.75, 3.05) is 37.6 Å². The summed E-state index contributed by atoms with van der Waals surface area (Å²) in [5.41, 5.74) is 1.25. The summed E-state index contributed by atoms with van der Waals surface area (Å²) in [5, 5.41) is 3.10. The number of carbonyl (C=O) groups excluding carboxylic acids is 1. The van der Waals surface area contributed by atoms with Gasteiger partial charge in [-0.1, -0.05) is 37.3 Å². The molecule has 138 valence electrons. The Morgan fingerprint density at radius 3 is 2.50 bits per heavy atom. The van der Waals surface area contributed by atoms with Crippen LogP contribution in [0.1, 0.15) is 25.3 Å². The van der Waals surface area contributed by atoms with Crippen molar-refractivity contribution < 1.29 is 4.79 Å². The summed E-state index contributed by atoms with van der Waals surface area (Å²) in [6.07, 6.45) is 5.19. The van der Waals surface area contributed by atoms with Crippen LogP contribution in [0, 0.1) is 0 Å². The molecule has 0 bridgehead atoms. The van der Waals surface area contributed by atoms with Gasteiger partial charge in [0.2, 0.25) is 5.91 Å². The summed E-state index contributed by atoms with van der Waals surface area (Å²) in [7, 11) is 0. The molecular weight excluding hydrogens is 326 g/mol. The Balaban J connectivity index is 1.46. The number of amides is 1. The molecule has 1 fully saturated rings. The largest absolute Gasteiger partial charge is 0.354 e. The van der Waals surface area contributed by atoms with Gasteiger partial charge in [0.1, 0.15) is 5.82 Å². The molecule has 1 aromatic heterocycles. The van der Waals surface area contributed by atoms with Crippen LogP contribution >= 0.6 is 0 Å². The minimum Gasteiger partial charge on any atom is -0.354 e. The van der Waals surface area contributed by atoms with E-state index < -0.39 is 0 Å². The van der Waals surface area contributed by atoms with E-state index >= 15 is 0 Å². The zero-order valence-electron chi connectivity index (χ0n) is 15.5. The second kappa shape index (κ2) is 8.76. The third-order valence-electron chi connectivity index (χ3n) is 5.07. The van der Waals surface area contributed by atoms with Gasteiger partial charge in [0.05, 0.1) is 12.2 Å².